The molecule has 0 heterocycles. The zero-order valence-electron chi connectivity index (χ0n) is 10.9. The molecule has 1 aromatic carbocycles. The lowest BCUT2D eigenvalue weighted by Crippen LogP contribution is -2.34. The monoisotopic (exact) mass is 379 g/mol. The quantitative estimate of drug-likeness (QED) is 0.649. The second-order valence-corrected chi connectivity index (χ2v) is 6.06. The third-order valence-electron chi connectivity index (χ3n) is 1.99. The van der Waals surface area contributed by atoms with Gasteiger partial charge in [-0.1, -0.05) is 0 Å². The van der Waals surface area contributed by atoms with Crippen LogP contribution < -0.4 is 5.32 Å². The van der Waals surface area contributed by atoms with Gasteiger partial charge in [-0.2, -0.15) is 0 Å². The first-order chi connectivity index (χ1) is 8.69. The Morgan fingerprint density at radius 2 is 2.00 bits per heavy atom. The molecule has 1 N–H and O–H groups in total. The van der Waals surface area contributed by atoms with Crippen molar-refractivity contribution in [3.8, 4) is 0 Å². The molecule has 4 nitrogen and oxygen atoms in total. The van der Waals surface area contributed by atoms with E-state index in [1.54, 1.807) is 20.8 Å². The average molecular weight is 379 g/mol. The number of carbonyl (C=O) groups excluding carboxylic acids is 2. The topological polar surface area (TPSA) is 55.4 Å². The van der Waals surface area contributed by atoms with Crippen LogP contribution in [0.4, 0.5) is 4.39 Å². The van der Waals surface area contributed by atoms with Crippen molar-refractivity contribution in [2.45, 2.75) is 26.4 Å². The number of benzene rings is 1. The molecule has 0 aromatic heterocycles. The van der Waals surface area contributed by atoms with Crippen LogP contribution in [0.25, 0.3) is 0 Å². The summed E-state index contributed by atoms with van der Waals surface area (Å²) < 4.78 is 18.4. The fourth-order valence-electron chi connectivity index (χ4n) is 1.30. The number of amides is 1. The number of nitrogens with one attached hydrogen (secondary N) is 1. The van der Waals surface area contributed by atoms with Crippen molar-refractivity contribution in [1.29, 1.82) is 0 Å². The van der Waals surface area contributed by atoms with Crippen LogP contribution in [-0.2, 0) is 9.53 Å². The fraction of sp³-hybridized carbons (Fsp3) is 0.385. The average Bonchev–Trinajstić information content (AvgIpc) is 2.23. The maximum absolute atomic E-state index is 12.9. The van der Waals surface area contributed by atoms with Gasteiger partial charge in [-0.3, -0.25) is 9.59 Å². The van der Waals surface area contributed by atoms with Gasteiger partial charge in [-0.05, 0) is 61.6 Å². The van der Waals surface area contributed by atoms with E-state index in [0.717, 1.165) is 0 Å². The summed E-state index contributed by atoms with van der Waals surface area (Å²) in [4.78, 5) is 23.2. The van der Waals surface area contributed by atoms with E-state index in [2.05, 4.69) is 5.32 Å². The Kier molecular flexibility index (Phi) is 5.28. The minimum Gasteiger partial charge on any atom is -0.459 e. The fourth-order valence-corrected chi connectivity index (χ4v) is 2.02. The Labute approximate surface area is 124 Å². The van der Waals surface area contributed by atoms with E-state index < -0.39 is 23.3 Å². The third-order valence-corrected chi connectivity index (χ3v) is 2.88. The summed E-state index contributed by atoms with van der Waals surface area (Å²) in [7, 11) is 0. The summed E-state index contributed by atoms with van der Waals surface area (Å²) in [5.74, 6) is -1.36. The maximum Gasteiger partial charge on any atom is 0.325 e. The molecular weight excluding hydrogens is 364 g/mol. The molecule has 0 bridgehead atoms. The number of halogens is 2. The summed E-state index contributed by atoms with van der Waals surface area (Å²) in [5, 5.41) is 2.44. The van der Waals surface area contributed by atoms with Crippen LogP contribution >= 0.6 is 22.6 Å². The molecule has 0 radical (unpaired) electrons. The highest BCUT2D eigenvalue weighted by atomic mass is 127. The first-order valence-corrected chi connectivity index (χ1v) is 6.72. The standard InChI is InChI=1S/C13H15FINO3/c1-13(2,3)19-11(17)7-16-12(18)9-5-4-8(14)6-10(9)15/h4-6H,7H2,1-3H3,(H,16,18). The van der Waals surface area contributed by atoms with Crippen LogP contribution in [0.2, 0.25) is 0 Å². The summed E-state index contributed by atoms with van der Waals surface area (Å²) in [6, 6.07) is 3.83. The van der Waals surface area contributed by atoms with Gasteiger partial charge in [0.05, 0.1) is 5.56 Å². The molecule has 104 valence electrons. The van der Waals surface area contributed by atoms with Crippen LogP contribution in [0.3, 0.4) is 0 Å². The zero-order valence-corrected chi connectivity index (χ0v) is 13.1. The Morgan fingerprint density at radius 1 is 1.37 bits per heavy atom. The van der Waals surface area contributed by atoms with Crippen LogP contribution in [0.1, 0.15) is 31.1 Å². The SMILES string of the molecule is CC(C)(C)OC(=O)CNC(=O)c1ccc(F)cc1I. The van der Waals surface area contributed by atoms with E-state index in [0.29, 0.717) is 9.13 Å². The van der Waals surface area contributed by atoms with Gasteiger partial charge in [-0.15, -0.1) is 0 Å². The van der Waals surface area contributed by atoms with Gasteiger partial charge in [0.1, 0.15) is 18.0 Å². The molecule has 0 saturated heterocycles. The number of esters is 1. The van der Waals surface area contributed by atoms with E-state index in [1.807, 2.05) is 22.6 Å². The minimum absolute atomic E-state index is 0.219. The summed E-state index contributed by atoms with van der Waals surface area (Å²) in [6.07, 6.45) is 0. The number of carbonyl (C=O) groups is 2. The molecule has 0 saturated carbocycles. The molecule has 0 aliphatic carbocycles. The van der Waals surface area contributed by atoms with Gasteiger partial charge in [0, 0.05) is 3.57 Å². The second kappa shape index (κ2) is 6.31. The van der Waals surface area contributed by atoms with E-state index in [-0.39, 0.29) is 6.54 Å². The largest absolute Gasteiger partial charge is 0.459 e. The Balaban J connectivity index is 2.59. The van der Waals surface area contributed by atoms with Crippen molar-refractivity contribution in [3.05, 3.63) is 33.1 Å². The second-order valence-electron chi connectivity index (χ2n) is 4.89. The molecule has 0 unspecified atom stereocenters. The highest BCUT2D eigenvalue weighted by Gasteiger charge is 2.17. The lowest BCUT2D eigenvalue weighted by Gasteiger charge is -2.19. The first kappa shape index (κ1) is 15.9. The Morgan fingerprint density at radius 3 is 2.53 bits per heavy atom. The van der Waals surface area contributed by atoms with Crippen molar-refractivity contribution in [2.24, 2.45) is 0 Å². The lowest BCUT2D eigenvalue weighted by atomic mass is 10.2. The number of ether oxygens (including phenoxy) is 1. The van der Waals surface area contributed by atoms with Crippen LogP contribution in [0.5, 0.6) is 0 Å². The predicted octanol–water partition coefficient (Wildman–Crippen LogP) is 2.50. The van der Waals surface area contributed by atoms with Crippen molar-refractivity contribution in [3.63, 3.8) is 0 Å². The Bertz CT molecular complexity index is 497. The number of hydrogen-bond donors (Lipinski definition) is 1. The molecule has 1 aromatic rings. The van der Waals surface area contributed by atoms with Gasteiger partial charge in [-0.25, -0.2) is 4.39 Å². The maximum atomic E-state index is 12.9. The molecule has 1 rings (SSSR count). The molecular formula is C13H15FINO3. The van der Waals surface area contributed by atoms with Crippen molar-refractivity contribution in [1.82, 2.24) is 5.32 Å². The van der Waals surface area contributed by atoms with Crippen LogP contribution in [-0.4, -0.2) is 24.0 Å². The van der Waals surface area contributed by atoms with E-state index in [1.165, 1.54) is 18.2 Å². The molecule has 0 atom stereocenters. The van der Waals surface area contributed by atoms with Crippen molar-refractivity contribution in [2.75, 3.05) is 6.54 Å². The van der Waals surface area contributed by atoms with E-state index in [4.69, 9.17) is 4.74 Å². The normalized spacial score (nSPS) is 11.0. The van der Waals surface area contributed by atoms with Gasteiger partial charge in [0.2, 0.25) is 0 Å². The summed E-state index contributed by atoms with van der Waals surface area (Å²) in [5.41, 5.74) is -0.267. The van der Waals surface area contributed by atoms with Gasteiger partial charge in [0.15, 0.2) is 0 Å². The molecule has 6 heteroatoms. The molecule has 0 fully saturated rings. The molecule has 0 spiro atoms. The summed E-state index contributed by atoms with van der Waals surface area (Å²) in [6.45, 7) is 5.02. The smallest absolute Gasteiger partial charge is 0.325 e. The van der Waals surface area contributed by atoms with Gasteiger partial charge < -0.3 is 10.1 Å². The van der Waals surface area contributed by atoms with Crippen LogP contribution in [0.15, 0.2) is 18.2 Å². The lowest BCUT2D eigenvalue weighted by molar-refractivity contribution is -0.153. The molecule has 0 aliphatic heterocycles. The number of rotatable bonds is 3. The highest BCUT2D eigenvalue weighted by Crippen LogP contribution is 2.13. The minimum atomic E-state index is -0.591. The Hall–Kier alpha value is -1.18. The molecule has 0 aliphatic rings. The summed E-state index contributed by atoms with van der Waals surface area (Å²) >= 11 is 1.86. The third kappa shape index (κ3) is 5.54. The predicted molar refractivity (Wildman–Crippen MR) is 77.3 cm³/mol. The van der Waals surface area contributed by atoms with Gasteiger partial charge in [0.25, 0.3) is 5.91 Å². The van der Waals surface area contributed by atoms with E-state index >= 15 is 0 Å². The molecule has 1 amide bonds. The zero-order chi connectivity index (χ0) is 14.6. The highest BCUT2D eigenvalue weighted by molar-refractivity contribution is 14.1. The first-order valence-electron chi connectivity index (χ1n) is 5.64. The van der Waals surface area contributed by atoms with Crippen LogP contribution in [0, 0.1) is 9.39 Å². The number of hydrogen-bond acceptors (Lipinski definition) is 3. The van der Waals surface area contributed by atoms with E-state index in [9.17, 15) is 14.0 Å². The van der Waals surface area contributed by atoms with Gasteiger partial charge >= 0.3 is 5.97 Å². The van der Waals surface area contributed by atoms with Crippen molar-refractivity contribution >= 4 is 34.5 Å². The molecule has 19 heavy (non-hydrogen) atoms. The van der Waals surface area contributed by atoms with Crippen molar-refractivity contribution < 1.29 is 18.7 Å².